The van der Waals surface area contributed by atoms with Gasteiger partial charge in [0.15, 0.2) is 25.4 Å². The maximum atomic E-state index is 13.6. The van der Waals surface area contributed by atoms with Crippen molar-refractivity contribution in [1.82, 2.24) is 10.6 Å². The molecule has 4 heterocycles. The molecule has 0 aromatic carbocycles. The van der Waals surface area contributed by atoms with Crippen LogP contribution in [0.2, 0.25) is 0 Å². The number of unbranched alkanes of at least 4 members (excludes halogenated alkanes) is 4. The number of likely N-dealkylation sites (N-methyl/N-ethyl adjacent to an activating group) is 1. The SMILES string of the molecule is C[N+]12CC[N@+]3(CC(=O)O)CC[N+]4(CC(=O)O)CC[N@+](CC(=O)CCCCCCCC(=O)CC[C@H](NC(=O)NCCCC(=O)O)C(=O)O)(CC1)[C@@]243. The van der Waals surface area contributed by atoms with Crippen LogP contribution < -0.4 is 10.6 Å². The van der Waals surface area contributed by atoms with Crippen molar-refractivity contribution in [2.75, 3.05) is 85.6 Å². The van der Waals surface area contributed by atoms with E-state index >= 15 is 0 Å². The molecule has 1 spiro atoms. The zero-order chi connectivity index (χ0) is 36.8. The van der Waals surface area contributed by atoms with Gasteiger partial charge in [-0.3, -0.25) is 14.4 Å². The standard InChI is InChI=1S/C33H52N6O11/c1-36-14-16-37(18-19-39(24-30(46)47)21-20-38(17-15-36,23-29(44)45)33(36,37)39)22-26(41)9-6-4-2-3-5-8-25(40)11-12-27(31(48)49)35-32(50)34-13-7-10-28(42)43/h27H,2-24H2,1H3,(H2-4,34,35,42,43,44,45,46,47,48,49,50)/p+4/t27-,33+,36?,37-,38+,39?/m0/s1. The van der Waals surface area contributed by atoms with Crippen molar-refractivity contribution >= 4 is 41.5 Å². The maximum Gasteiger partial charge on any atom is 0.482 e. The number of urea groups is 1. The van der Waals surface area contributed by atoms with E-state index in [1.54, 1.807) is 0 Å². The van der Waals surface area contributed by atoms with Gasteiger partial charge in [0.2, 0.25) is 0 Å². The van der Waals surface area contributed by atoms with Crippen LogP contribution >= 0.6 is 0 Å². The molecule has 4 aliphatic heterocycles. The molecule has 0 aliphatic carbocycles. The normalized spacial score (nSPS) is 31.1. The van der Waals surface area contributed by atoms with Crippen molar-refractivity contribution < 1.29 is 71.9 Å². The van der Waals surface area contributed by atoms with Crippen LogP contribution in [0.25, 0.3) is 0 Å². The first-order valence-corrected chi connectivity index (χ1v) is 18.0. The van der Waals surface area contributed by atoms with Gasteiger partial charge in [0.25, 0.3) is 0 Å². The molecule has 2 amide bonds. The zero-order valence-electron chi connectivity index (χ0n) is 29.3. The summed E-state index contributed by atoms with van der Waals surface area (Å²) >= 11 is 0. The lowest BCUT2D eigenvalue weighted by Crippen LogP contribution is -2.85. The molecule has 2 unspecified atom stereocenters. The third kappa shape index (κ3) is 7.50. The third-order valence-electron chi connectivity index (χ3n) is 12.0. The van der Waals surface area contributed by atoms with Crippen molar-refractivity contribution in [1.29, 1.82) is 0 Å². The lowest BCUT2D eigenvalue weighted by atomic mass is 10.0. The Morgan fingerprint density at radius 2 is 1.06 bits per heavy atom. The number of rotatable bonds is 23. The zero-order valence-corrected chi connectivity index (χ0v) is 29.3. The molecule has 50 heavy (non-hydrogen) atoms. The van der Waals surface area contributed by atoms with Gasteiger partial charge in [-0.25, -0.2) is 19.2 Å². The lowest BCUT2D eigenvalue weighted by Gasteiger charge is -2.49. The van der Waals surface area contributed by atoms with E-state index in [9.17, 15) is 48.9 Å². The molecule has 17 heteroatoms. The second-order valence-corrected chi connectivity index (χ2v) is 15.2. The molecule has 4 rings (SSSR count). The maximum absolute atomic E-state index is 13.6. The molecule has 4 fully saturated rings. The Morgan fingerprint density at radius 3 is 1.56 bits per heavy atom. The third-order valence-corrected chi connectivity index (χ3v) is 12.0. The van der Waals surface area contributed by atoms with Crippen LogP contribution in [0.15, 0.2) is 0 Å². The van der Waals surface area contributed by atoms with Gasteiger partial charge in [0, 0.05) is 32.2 Å². The Hall–Kier alpha value is -3.67. The summed E-state index contributed by atoms with van der Waals surface area (Å²) in [5.74, 6) is -4.70. The van der Waals surface area contributed by atoms with Gasteiger partial charge < -0.3 is 31.1 Å². The van der Waals surface area contributed by atoms with Crippen LogP contribution in [-0.4, -0.2) is 177 Å². The van der Waals surface area contributed by atoms with Gasteiger partial charge in [-0.2, -0.15) is 8.97 Å². The average Bonchev–Trinajstić information content (AvgIpc) is 3.65. The van der Waals surface area contributed by atoms with Gasteiger partial charge in [-0.05, 0) is 25.7 Å². The second-order valence-electron chi connectivity index (χ2n) is 15.2. The van der Waals surface area contributed by atoms with E-state index in [-0.39, 0.29) is 56.9 Å². The van der Waals surface area contributed by atoms with E-state index in [0.29, 0.717) is 82.9 Å². The topological polar surface area (TPSA) is 224 Å². The van der Waals surface area contributed by atoms with Crippen LogP contribution in [0.3, 0.4) is 0 Å². The van der Waals surface area contributed by atoms with Crippen LogP contribution in [0, 0.1) is 0 Å². The smallest absolute Gasteiger partial charge is 0.481 e. The fourth-order valence-corrected chi connectivity index (χ4v) is 10.4. The summed E-state index contributed by atoms with van der Waals surface area (Å²) in [6.07, 6.45) is 4.48. The molecule has 0 bridgehead atoms. The molecule has 4 saturated heterocycles. The number of aliphatic carboxylic acids is 4. The van der Waals surface area contributed by atoms with E-state index in [2.05, 4.69) is 17.7 Å². The number of carbonyl (C=O) groups is 7. The predicted octanol–water partition coefficient (Wildman–Crippen LogP) is -0.0154. The molecule has 0 aromatic rings. The first-order valence-electron chi connectivity index (χ1n) is 18.0. The highest BCUT2D eigenvalue weighted by Crippen LogP contribution is 2.61. The largest absolute Gasteiger partial charge is 0.482 e. The minimum atomic E-state index is -1.26. The predicted molar refractivity (Wildman–Crippen MR) is 175 cm³/mol. The van der Waals surface area contributed by atoms with Gasteiger partial charge in [-0.15, -0.1) is 8.97 Å². The molecule has 0 radical (unpaired) electrons. The average molecular weight is 713 g/mol. The van der Waals surface area contributed by atoms with Crippen LogP contribution in [0.5, 0.6) is 0 Å². The van der Waals surface area contributed by atoms with Gasteiger partial charge in [-0.1, -0.05) is 19.3 Å². The molecule has 17 nitrogen and oxygen atoms in total. The van der Waals surface area contributed by atoms with E-state index < -0.39 is 41.9 Å². The highest BCUT2D eigenvalue weighted by atomic mass is 16.4. The Bertz CT molecular complexity index is 1340. The van der Waals surface area contributed by atoms with E-state index in [4.69, 9.17) is 5.11 Å². The first-order chi connectivity index (χ1) is 23.6. The van der Waals surface area contributed by atoms with E-state index in [1.165, 1.54) is 0 Å². The highest BCUT2D eigenvalue weighted by molar-refractivity contribution is 5.84. The number of nitrogens with one attached hydrogen (secondary N) is 2. The number of hydrogen-bond donors (Lipinski definition) is 6. The molecule has 280 valence electrons. The highest BCUT2D eigenvalue weighted by Gasteiger charge is 2.98. The van der Waals surface area contributed by atoms with Gasteiger partial charge in [0.05, 0.1) is 7.05 Å². The second kappa shape index (κ2) is 15.7. The summed E-state index contributed by atoms with van der Waals surface area (Å²) in [5.41, 5.74) is 0. The van der Waals surface area contributed by atoms with Crippen molar-refractivity contribution in [3.63, 3.8) is 0 Å². The minimum Gasteiger partial charge on any atom is -0.481 e. The summed E-state index contributed by atoms with van der Waals surface area (Å²) in [6, 6.07) is -1.97. The number of amides is 2. The number of hydrogen-bond acceptors (Lipinski definition) is 7. The fourth-order valence-electron chi connectivity index (χ4n) is 10.4. The summed E-state index contributed by atoms with van der Waals surface area (Å²) < 4.78 is 1.77. The number of quaternary nitrogens is 4. The summed E-state index contributed by atoms with van der Waals surface area (Å²) in [4.78, 5) is 84.5. The Labute approximate surface area is 292 Å². The quantitative estimate of drug-likeness (QED) is 0.0610. The van der Waals surface area contributed by atoms with Gasteiger partial charge in [0.1, 0.15) is 64.2 Å². The molecule has 4 aliphatic rings. The van der Waals surface area contributed by atoms with Crippen molar-refractivity contribution in [2.24, 2.45) is 0 Å². The number of carboxylic acids is 4. The van der Waals surface area contributed by atoms with Crippen LogP contribution in [0.4, 0.5) is 4.79 Å². The fraction of sp³-hybridized carbons (Fsp3) is 0.788. The van der Waals surface area contributed by atoms with Crippen LogP contribution in [-0.2, 0) is 28.8 Å². The molecule has 0 saturated carbocycles. The first kappa shape index (κ1) is 39.1. The number of Topliss-reactive ketones (excluding diaryl/α,β-unsaturated/α-hetero) is 2. The summed E-state index contributed by atoms with van der Waals surface area (Å²) in [7, 11) is 2.15. The number of ketones is 2. The summed E-state index contributed by atoms with van der Waals surface area (Å²) in [6.45, 7) is 5.75. The van der Waals surface area contributed by atoms with E-state index in [1.807, 2.05) is 0 Å². The Kier molecular flexibility index (Phi) is 12.3. The number of nitrogens with zero attached hydrogens (tertiary/aromatic N) is 4. The summed E-state index contributed by atoms with van der Waals surface area (Å²) in [5, 5.41) is 42.8. The Balaban J connectivity index is 1.20. The molecule has 6 atom stereocenters. The molecule has 0 aromatic heterocycles. The van der Waals surface area contributed by atoms with Crippen molar-refractivity contribution in [3.8, 4) is 0 Å². The molecular formula is C33H56N6O11+4. The monoisotopic (exact) mass is 712 g/mol. The van der Waals surface area contributed by atoms with Crippen LogP contribution in [0.1, 0.15) is 70.6 Å². The molecule has 6 N–H and O–H groups in total. The lowest BCUT2D eigenvalue weighted by molar-refractivity contribution is -1.36. The molecular weight excluding hydrogens is 656 g/mol. The number of carbonyl (C=O) groups excluding carboxylic acids is 3. The van der Waals surface area contributed by atoms with E-state index in [0.717, 1.165) is 38.9 Å². The van der Waals surface area contributed by atoms with Crippen molar-refractivity contribution in [2.45, 2.75) is 82.6 Å². The number of carboxylic acid groups (broad SMARTS) is 4. The van der Waals surface area contributed by atoms with Crippen molar-refractivity contribution in [3.05, 3.63) is 0 Å². The minimum absolute atomic E-state index is 0.00292. The van der Waals surface area contributed by atoms with Gasteiger partial charge >= 0.3 is 35.8 Å². The Morgan fingerprint density at radius 1 is 0.580 bits per heavy atom.